The molecule has 1 N–H and O–H groups in total. The minimum absolute atomic E-state index is 0.198. The molecule has 138 valence electrons. The summed E-state index contributed by atoms with van der Waals surface area (Å²) in [5.41, 5.74) is 1.60. The highest BCUT2D eigenvalue weighted by Gasteiger charge is 2.13. The maximum atomic E-state index is 13.4. The number of carbonyl (C=O) groups is 1. The highest BCUT2D eigenvalue weighted by Crippen LogP contribution is 2.31. The lowest BCUT2D eigenvalue weighted by molar-refractivity contribution is 0.102. The second-order valence-corrected chi connectivity index (χ2v) is 6.45. The number of aromatic nitrogens is 1. The number of hydrogen-bond acceptors (Lipinski definition) is 4. The van der Waals surface area contributed by atoms with E-state index in [0.717, 1.165) is 5.56 Å². The van der Waals surface area contributed by atoms with Crippen LogP contribution >= 0.6 is 15.9 Å². The molecule has 0 fully saturated rings. The molecular formula is C20H16BrFN2O3. The summed E-state index contributed by atoms with van der Waals surface area (Å²) in [5.74, 6) is 0.0737. The minimum Gasteiger partial charge on any atom is -0.493 e. The van der Waals surface area contributed by atoms with Crippen molar-refractivity contribution < 1.29 is 18.7 Å². The quantitative estimate of drug-likeness (QED) is 0.608. The van der Waals surface area contributed by atoms with Gasteiger partial charge in [0.05, 0.1) is 12.7 Å². The van der Waals surface area contributed by atoms with Gasteiger partial charge in [-0.1, -0.05) is 6.07 Å². The molecule has 1 aromatic heterocycles. The van der Waals surface area contributed by atoms with E-state index in [1.54, 1.807) is 30.6 Å². The van der Waals surface area contributed by atoms with Gasteiger partial charge in [-0.05, 0) is 52.3 Å². The zero-order chi connectivity index (χ0) is 19.2. The van der Waals surface area contributed by atoms with Crippen molar-refractivity contribution in [1.82, 2.24) is 4.98 Å². The van der Waals surface area contributed by atoms with Crippen LogP contribution in [0.25, 0.3) is 0 Å². The largest absolute Gasteiger partial charge is 0.493 e. The molecule has 0 atom stereocenters. The zero-order valence-electron chi connectivity index (χ0n) is 14.4. The van der Waals surface area contributed by atoms with Crippen LogP contribution in [0.5, 0.6) is 11.5 Å². The Hall–Kier alpha value is -2.93. The molecule has 0 saturated carbocycles. The molecule has 7 heteroatoms. The van der Waals surface area contributed by atoms with Crippen LogP contribution in [0.4, 0.5) is 10.1 Å². The average Bonchev–Trinajstić information content (AvgIpc) is 2.69. The number of anilines is 1. The van der Waals surface area contributed by atoms with Gasteiger partial charge >= 0.3 is 0 Å². The molecule has 3 rings (SSSR count). The fraction of sp³-hybridized carbons (Fsp3) is 0.100. The Kier molecular flexibility index (Phi) is 6.03. The number of nitrogens with zero attached hydrogens (tertiary/aromatic N) is 1. The van der Waals surface area contributed by atoms with Gasteiger partial charge in [-0.15, -0.1) is 0 Å². The van der Waals surface area contributed by atoms with Crippen molar-refractivity contribution in [2.75, 3.05) is 12.4 Å². The van der Waals surface area contributed by atoms with Crippen LogP contribution in [0.1, 0.15) is 15.9 Å². The van der Waals surface area contributed by atoms with Gasteiger partial charge in [0, 0.05) is 34.2 Å². The van der Waals surface area contributed by atoms with Crippen LogP contribution in [0.3, 0.4) is 0 Å². The summed E-state index contributed by atoms with van der Waals surface area (Å²) in [6.07, 6.45) is 3.39. The maximum absolute atomic E-state index is 13.4. The first-order chi connectivity index (χ1) is 13.1. The van der Waals surface area contributed by atoms with Crippen LogP contribution in [-0.2, 0) is 6.61 Å². The van der Waals surface area contributed by atoms with E-state index in [-0.39, 0.29) is 5.56 Å². The van der Waals surface area contributed by atoms with Gasteiger partial charge in [-0.3, -0.25) is 9.78 Å². The second-order valence-electron chi connectivity index (χ2n) is 5.59. The fourth-order valence-corrected chi connectivity index (χ4v) is 2.81. The van der Waals surface area contributed by atoms with Crippen LogP contribution in [0.15, 0.2) is 65.4 Å². The first-order valence-electron chi connectivity index (χ1n) is 8.03. The van der Waals surface area contributed by atoms with E-state index in [1.165, 1.54) is 25.3 Å². The molecule has 0 saturated heterocycles. The van der Waals surface area contributed by atoms with Crippen molar-refractivity contribution in [3.05, 3.63) is 82.3 Å². The lowest BCUT2D eigenvalue weighted by Crippen LogP contribution is -2.13. The van der Waals surface area contributed by atoms with Gasteiger partial charge in [0.15, 0.2) is 11.5 Å². The number of nitrogens with one attached hydrogen (secondary N) is 1. The van der Waals surface area contributed by atoms with Crippen molar-refractivity contribution in [1.29, 1.82) is 0 Å². The molecule has 1 amide bonds. The van der Waals surface area contributed by atoms with E-state index in [4.69, 9.17) is 9.47 Å². The number of methoxy groups -OCH3 is 1. The van der Waals surface area contributed by atoms with Gasteiger partial charge in [0.1, 0.15) is 12.4 Å². The SMILES string of the molecule is COc1ccc(NC(=O)c2cc(F)ccc2Br)cc1OCc1cccnc1. The van der Waals surface area contributed by atoms with Crippen LogP contribution in [0.2, 0.25) is 0 Å². The Bertz CT molecular complexity index is 951. The van der Waals surface area contributed by atoms with Crippen LogP contribution in [-0.4, -0.2) is 18.0 Å². The predicted octanol–water partition coefficient (Wildman–Crippen LogP) is 4.82. The number of halogens is 2. The molecule has 3 aromatic rings. The summed E-state index contributed by atoms with van der Waals surface area (Å²) in [4.78, 5) is 16.5. The number of hydrogen-bond donors (Lipinski definition) is 1. The highest BCUT2D eigenvalue weighted by atomic mass is 79.9. The van der Waals surface area contributed by atoms with Crippen molar-refractivity contribution in [3.63, 3.8) is 0 Å². The van der Waals surface area contributed by atoms with Crippen LogP contribution in [0, 0.1) is 5.82 Å². The lowest BCUT2D eigenvalue weighted by Gasteiger charge is -2.13. The summed E-state index contributed by atoms with van der Waals surface area (Å²) in [6.45, 7) is 0.303. The molecule has 0 spiro atoms. The van der Waals surface area contributed by atoms with Gasteiger partial charge in [0.2, 0.25) is 0 Å². The van der Waals surface area contributed by atoms with E-state index >= 15 is 0 Å². The lowest BCUT2D eigenvalue weighted by atomic mass is 10.2. The summed E-state index contributed by atoms with van der Waals surface area (Å²) < 4.78 is 25.0. The predicted molar refractivity (Wildman–Crippen MR) is 104 cm³/mol. The summed E-state index contributed by atoms with van der Waals surface area (Å²) in [7, 11) is 1.54. The van der Waals surface area contributed by atoms with Crippen LogP contribution < -0.4 is 14.8 Å². The Balaban J connectivity index is 1.78. The molecule has 1 heterocycles. The first kappa shape index (κ1) is 18.8. The van der Waals surface area contributed by atoms with Gasteiger partial charge in [-0.2, -0.15) is 0 Å². The maximum Gasteiger partial charge on any atom is 0.256 e. The minimum atomic E-state index is -0.487. The molecular weight excluding hydrogens is 415 g/mol. The topological polar surface area (TPSA) is 60.5 Å². The Morgan fingerprint density at radius 1 is 1.19 bits per heavy atom. The molecule has 0 aliphatic heterocycles. The van der Waals surface area contributed by atoms with Crippen molar-refractivity contribution in [2.45, 2.75) is 6.61 Å². The van der Waals surface area contributed by atoms with Crippen molar-refractivity contribution in [3.8, 4) is 11.5 Å². The van der Waals surface area contributed by atoms with Crippen molar-refractivity contribution in [2.24, 2.45) is 0 Å². The molecule has 5 nitrogen and oxygen atoms in total. The number of benzene rings is 2. The third kappa shape index (κ3) is 4.83. The first-order valence-corrected chi connectivity index (χ1v) is 8.82. The van der Waals surface area contributed by atoms with E-state index in [1.807, 2.05) is 12.1 Å². The molecule has 0 radical (unpaired) electrons. The molecule has 0 bridgehead atoms. The number of carbonyl (C=O) groups excluding carboxylic acids is 1. The monoisotopic (exact) mass is 430 g/mol. The smallest absolute Gasteiger partial charge is 0.256 e. The zero-order valence-corrected chi connectivity index (χ0v) is 16.0. The van der Waals surface area contributed by atoms with Gasteiger partial charge in [-0.25, -0.2) is 4.39 Å². The Morgan fingerprint density at radius 3 is 2.78 bits per heavy atom. The van der Waals surface area contributed by atoms with E-state index in [2.05, 4.69) is 26.2 Å². The molecule has 0 aliphatic carbocycles. The second kappa shape index (κ2) is 8.64. The number of pyridine rings is 1. The van der Waals surface area contributed by atoms with Crippen molar-refractivity contribution >= 4 is 27.5 Å². The number of amides is 1. The highest BCUT2D eigenvalue weighted by molar-refractivity contribution is 9.10. The summed E-state index contributed by atoms with van der Waals surface area (Å²) >= 11 is 3.25. The summed E-state index contributed by atoms with van der Waals surface area (Å²) in [6, 6.07) is 12.7. The van der Waals surface area contributed by atoms with Gasteiger partial charge in [0.25, 0.3) is 5.91 Å². The normalized spacial score (nSPS) is 10.3. The number of ether oxygens (including phenoxy) is 2. The van der Waals surface area contributed by atoms with E-state index in [9.17, 15) is 9.18 Å². The molecule has 0 aliphatic rings. The fourth-order valence-electron chi connectivity index (χ4n) is 2.38. The molecule has 2 aromatic carbocycles. The number of rotatable bonds is 6. The Morgan fingerprint density at radius 2 is 2.04 bits per heavy atom. The third-order valence-corrected chi connectivity index (χ3v) is 4.40. The van der Waals surface area contributed by atoms with E-state index in [0.29, 0.717) is 28.3 Å². The molecule has 27 heavy (non-hydrogen) atoms. The standard InChI is InChI=1S/C20H16BrFN2O3/c1-26-18-7-5-15(10-19(18)27-12-13-3-2-8-23-11-13)24-20(25)16-9-14(22)4-6-17(16)21/h2-11H,12H2,1H3,(H,24,25). The third-order valence-electron chi connectivity index (χ3n) is 3.71. The Labute approximate surface area is 164 Å². The van der Waals surface area contributed by atoms with Gasteiger partial charge < -0.3 is 14.8 Å². The summed E-state index contributed by atoms with van der Waals surface area (Å²) in [5, 5.41) is 2.73. The van der Waals surface area contributed by atoms with E-state index < -0.39 is 11.7 Å². The average molecular weight is 431 g/mol. The molecule has 0 unspecified atom stereocenters.